The summed E-state index contributed by atoms with van der Waals surface area (Å²) in [6.07, 6.45) is 1.10. The van der Waals surface area contributed by atoms with E-state index in [0.717, 1.165) is 32.9 Å². The Labute approximate surface area is 148 Å². The van der Waals surface area contributed by atoms with Gasteiger partial charge < -0.3 is 10.2 Å². The third-order valence-corrected chi connectivity index (χ3v) is 4.94. The summed E-state index contributed by atoms with van der Waals surface area (Å²) in [6.45, 7) is 4.11. The van der Waals surface area contributed by atoms with Crippen molar-refractivity contribution in [2.75, 3.05) is 0 Å². The second-order valence-corrected chi connectivity index (χ2v) is 7.08. The van der Waals surface area contributed by atoms with Crippen molar-refractivity contribution in [3.8, 4) is 0 Å². The van der Waals surface area contributed by atoms with E-state index in [0.29, 0.717) is 5.56 Å². The molecule has 0 aromatic heterocycles. The molecular formula is C18H20Br2O2. The molecule has 0 saturated carbocycles. The van der Waals surface area contributed by atoms with Crippen molar-refractivity contribution in [3.63, 3.8) is 0 Å². The maximum absolute atomic E-state index is 10.9. The zero-order valence-electron chi connectivity index (χ0n) is 12.7. The fourth-order valence-electron chi connectivity index (χ4n) is 2.60. The zero-order chi connectivity index (χ0) is 16.3. The quantitative estimate of drug-likeness (QED) is 0.711. The third-order valence-electron chi connectivity index (χ3n) is 3.83. The number of hydrogen-bond donors (Lipinski definition) is 2. The smallest absolute Gasteiger partial charge is 0.106 e. The molecule has 2 N–H and O–H groups in total. The van der Waals surface area contributed by atoms with Crippen molar-refractivity contribution < 1.29 is 10.2 Å². The van der Waals surface area contributed by atoms with Gasteiger partial charge in [-0.3, -0.25) is 0 Å². The molecule has 0 saturated heterocycles. The Bertz CT molecular complexity index is 646. The summed E-state index contributed by atoms with van der Waals surface area (Å²) >= 11 is 6.92. The molecule has 118 valence electrons. The van der Waals surface area contributed by atoms with Crippen molar-refractivity contribution in [3.05, 3.63) is 67.1 Å². The molecule has 0 bridgehead atoms. The number of benzene rings is 2. The largest absolute Gasteiger partial charge is 0.392 e. The van der Waals surface area contributed by atoms with Crippen LogP contribution in [0.4, 0.5) is 0 Å². The molecule has 1 unspecified atom stereocenters. The van der Waals surface area contributed by atoms with Gasteiger partial charge in [-0.2, -0.15) is 0 Å². The molecule has 0 heterocycles. The number of halogens is 2. The highest BCUT2D eigenvalue weighted by Gasteiger charge is 2.19. The van der Waals surface area contributed by atoms with Gasteiger partial charge in [-0.1, -0.05) is 63.9 Å². The van der Waals surface area contributed by atoms with Crippen LogP contribution in [0.2, 0.25) is 0 Å². The maximum atomic E-state index is 10.9. The first-order chi connectivity index (χ1) is 10.5. The minimum absolute atomic E-state index is 0.113. The predicted molar refractivity (Wildman–Crippen MR) is 97.0 cm³/mol. The predicted octanol–water partition coefficient (Wildman–Crippen LogP) is 4.91. The molecule has 0 amide bonds. The van der Waals surface area contributed by atoms with Crippen molar-refractivity contribution in [2.45, 2.75) is 39.4 Å². The molecule has 0 aliphatic rings. The molecule has 0 aliphatic heterocycles. The number of aliphatic hydroxyl groups is 2. The Hall–Kier alpha value is -0.680. The van der Waals surface area contributed by atoms with Gasteiger partial charge in [0, 0.05) is 14.5 Å². The van der Waals surface area contributed by atoms with Crippen molar-refractivity contribution in [2.24, 2.45) is 0 Å². The summed E-state index contributed by atoms with van der Waals surface area (Å²) in [4.78, 5) is 0. The second kappa shape index (κ2) is 7.73. The van der Waals surface area contributed by atoms with Crippen LogP contribution in [0.5, 0.6) is 0 Å². The molecule has 0 aliphatic carbocycles. The highest BCUT2D eigenvalue weighted by Crippen LogP contribution is 2.35. The van der Waals surface area contributed by atoms with Gasteiger partial charge in [-0.05, 0) is 47.2 Å². The average Bonchev–Trinajstić information content (AvgIpc) is 2.52. The first kappa shape index (κ1) is 17.7. The highest BCUT2D eigenvalue weighted by molar-refractivity contribution is 9.11. The van der Waals surface area contributed by atoms with E-state index in [2.05, 4.69) is 51.8 Å². The molecule has 4 heteroatoms. The Balaban J connectivity index is 2.54. The maximum Gasteiger partial charge on any atom is 0.106 e. The van der Waals surface area contributed by atoms with Gasteiger partial charge in [0.1, 0.15) is 6.10 Å². The standard InChI is InChI=1S/C18H20Br2O2/c1-3-11-5-12(4-2)7-13(6-11)18(22)17-14(10-21)8-15(19)9-16(17)20/h5-9,18,21-22H,3-4,10H2,1-2H3. The van der Waals surface area contributed by atoms with Crippen LogP contribution in [-0.4, -0.2) is 10.2 Å². The summed E-state index contributed by atoms with van der Waals surface area (Å²) in [6, 6.07) is 9.99. The summed E-state index contributed by atoms with van der Waals surface area (Å²) in [7, 11) is 0. The van der Waals surface area contributed by atoms with Gasteiger partial charge in [0.2, 0.25) is 0 Å². The first-order valence-corrected chi connectivity index (χ1v) is 8.98. The topological polar surface area (TPSA) is 40.5 Å². The first-order valence-electron chi connectivity index (χ1n) is 7.39. The molecule has 0 radical (unpaired) electrons. The molecule has 2 aromatic rings. The monoisotopic (exact) mass is 426 g/mol. The molecular weight excluding hydrogens is 408 g/mol. The van der Waals surface area contributed by atoms with Crippen molar-refractivity contribution in [1.29, 1.82) is 0 Å². The number of aryl methyl sites for hydroxylation is 2. The van der Waals surface area contributed by atoms with E-state index in [9.17, 15) is 10.2 Å². The van der Waals surface area contributed by atoms with E-state index in [1.807, 2.05) is 24.3 Å². The molecule has 2 nitrogen and oxygen atoms in total. The van der Waals surface area contributed by atoms with E-state index in [-0.39, 0.29) is 6.61 Å². The lowest BCUT2D eigenvalue weighted by atomic mass is 9.93. The fraction of sp³-hybridized carbons (Fsp3) is 0.333. The normalized spacial score (nSPS) is 12.5. The molecule has 2 aromatic carbocycles. The molecule has 2 rings (SSSR count). The van der Waals surface area contributed by atoms with Crippen LogP contribution >= 0.6 is 31.9 Å². The number of rotatable bonds is 5. The summed E-state index contributed by atoms with van der Waals surface area (Å²) in [5, 5.41) is 20.5. The minimum atomic E-state index is -0.763. The molecule has 1 atom stereocenters. The Kier molecular flexibility index (Phi) is 6.21. The van der Waals surface area contributed by atoms with Gasteiger partial charge in [0.25, 0.3) is 0 Å². The van der Waals surface area contributed by atoms with E-state index in [4.69, 9.17) is 0 Å². The van der Waals surface area contributed by atoms with E-state index >= 15 is 0 Å². The van der Waals surface area contributed by atoms with Gasteiger partial charge in [-0.25, -0.2) is 0 Å². The summed E-state index contributed by atoms with van der Waals surface area (Å²) < 4.78 is 1.66. The van der Waals surface area contributed by atoms with Crippen LogP contribution in [0.1, 0.15) is 47.8 Å². The van der Waals surface area contributed by atoms with E-state index < -0.39 is 6.10 Å². The van der Waals surface area contributed by atoms with Gasteiger partial charge in [0.15, 0.2) is 0 Å². The zero-order valence-corrected chi connectivity index (χ0v) is 15.9. The van der Waals surface area contributed by atoms with Gasteiger partial charge in [0.05, 0.1) is 6.61 Å². The van der Waals surface area contributed by atoms with Gasteiger partial charge in [-0.15, -0.1) is 0 Å². The number of hydrogen-bond acceptors (Lipinski definition) is 2. The lowest BCUT2D eigenvalue weighted by Crippen LogP contribution is -2.07. The van der Waals surface area contributed by atoms with Gasteiger partial charge >= 0.3 is 0 Å². The lowest BCUT2D eigenvalue weighted by Gasteiger charge is -2.19. The Morgan fingerprint density at radius 3 is 2.05 bits per heavy atom. The average molecular weight is 428 g/mol. The highest BCUT2D eigenvalue weighted by atomic mass is 79.9. The summed E-state index contributed by atoms with van der Waals surface area (Å²) in [5.74, 6) is 0. The van der Waals surface area contributed by atoms with Crippen LogP contribution < -0.4 is 0 Å². The third kappa shape index (κ3) is 3.80. The van der Waals surface area contributed by atoms with Crippen LogP contribution in [0.25, 0.3) is 0 Å². The van der Waals surface area contributed by atoms with Crippen LogP contribution in [-0.2, 0) is 19.4 Å². The number of aliphatic hydroxyl groups excluding tert-OH is 2. The molecule has 0 spiro atoms. The minimum Gasteiger partial charge on any atom is -0.392 e. The van der Waals surface area contributed by atoms with Crippen molar-refractivity contribution in [1.82, 2.24) is 0 Å². The Morgan fingerprint density at radius 2 is 1.55 bits per heavy atom. The van der Waals surface area contributed by atoms with Crippen LogP contribution in [0.3, 0.4) is 0 Å². The summed E-state index contributed by atoms with van der Waals surface area (Å²) in [5.41, 5.74) is 4.74. The lowest BCUT2D eigenvalue weighted by molar-refractivity contribution is 0.212. The Morgan fingerprint density at radius 1 is 0.955 bits per heavy atom. The SMILES string of the molecule is CCc1cc(CC)cc(C(O)c2c(Br)cc(Br)cc2CO)c1. The van der Waals surface area contributed by atoms with Crippen LogP contribution in [0, 0.1) is 0 Å². The van der Waals surface area contributed by atoms with E-state index in [1.165, 1.54) is 11.1 Å². The molecule has 0 fully saturated rings. The second-order valence-electron chi connectivity index (χ2n) is 5.31. The molecule has 22 heavy (non-hydrogen) atoms. The van der Waals surface area contributed by atoms with Crippen molar-refractivity contribution >= 4 is 31.9 Å². The fourth-order valence-corrected chi connectivity index (χ4v) is 4.13. The van der Waals surface area contributed by atoms with Crippen LogP contribution in [0.15, 0.2) is 39.3 Å². The van der Waals surface area contributed by atoms with E-state index in [1.54, 1.807) is 0 Å².